The lowest BCUT2D eigenvalue weighted by Crippen LogP contribution is -2.62. The Morgan fingerprint density at radius 1 is 0.741 bits per heavy atom. The molecule has 3 aliphatic rings. The van der Waals surface area contributed by atoms with Crippen molar-refractivity contribution in [2.75, 3.05) is 19.6 Å². The fourth-order valence-corrected chi connectivity index (χ4v) is 8.75. The van der Waals surface area contributed by atoms with Crippen LogP contribution in [0.2, 0.25) is 0 Å². The SMILES string of the molecule is CCCNC(=O)[C@@H](NC(=O)[C@@H]1CCCN1C(=O)[C@H](CC(=O)O)NC(=O)[C@@H]1CC(c2ccccc2)CCN1C(=O)[C@@H](NC(=O)C[C@H](C)C1CCCCC1)C(C)C)C(C)O. The number of aliphatic carboxylic acids is 1. The lowest BCUT2D eigenvalue weighted by atomic mass is 9.79. The number of benzene rings is 1. The monoisotopic (exact) mass is 810 g/mol. The zero-order valence-electron chi connectivity index (χ0n) is 34.9. The van der Waals surface area contributed by atoms with Gasteiger partial charge < -0.3 is 41.3 Å². The summed E-state index contributed by atoms with van der Waals surface area (Å²) in [5.74, 6) is -4.56. The number of likely N-dealkylation sites (tertiary alicyclic amines) is 2. The van der Waals surface area contributed by atoms with Gasteiger partial charge in [0.05, 0.1) is 12.5 Å². The number of hydrogen-bond donors (Lipinski definition) is 6. The third-order valence-corrected chi connectivity index (χ3v) is 12.1. The highest BCUT2D eigenvalue weighted by Gasteiger charge is 2.44. The smallest absolute Gasteiger partial charge is 0.305 e. The molecule has 1 aromatic rings. The minimum Gasteiger partial charge on any atom is -0.481 e. The number of aliphatic hydroxyl groups excluding tert-OH is 1. The first-order chi connectivity index (χ1) is 27.6. The highest BCUT2D eigenvalue weighted by Crippen LogP contribution is 2.34. The first-order valence-corrected chi connectivity index (χ1v) is 21.4. The Labute approximate surface area is 342 Å². The van der Waals surface area contributed by atoms with E-state index in [0.29, 0.717) is 38.1 Å². The summed E-state index contributed by atoms with van der Waals surface area (Å²) in [6.07, 6.45) is 5.99. The molecule has 4 rings (SSSR count). The summed E-state index contributed by atoms with van der Waals surface area (Å²) in [6.45, 7) is 9.61. The van der Waals surface area contributed by atoms with Crippen LogP contribution in [0.3, 0.4) is 0 Å². The van der Waals surface area contributed by atoms with Crippen molar-refractivity contribution >= 4 is 41.4 Å². The van der Waals surface area contributed by atoms with Crippen LogP contribution in [0.15, 0.2) is 30.3 Å². The van der Waals surface area contributed by atoms with Crippen molar-refractivity contribution in [2.24, 2.45) is 17.8 Å². The average molecular weight is 811 g/mol. The van der Waals surface area contributed by atoms with E-state index in [1.165, 1.54) is 23.1 Å². The quantitative estimate of drug-likeness (QED) is 0.128. The van der Waals surface area contributed by atoms with Gasteiger partial charge in [0.2, 0.25) is 35.4 Å². The molecule has 8 atom stereocenters. The van der Waals surface area contributed by atoms with Crippen molar-refractivity contribution in [1.29, 1.82) is 0 Å². The van der Waals surface area contributed by atoms with Crippen LogP contribution in [0.25, 0.3) is 0 Å². The predicted octanol–water partition coefficient (Wildman–Crippen LogP) is 2.85. The van der Waals surface area contributed by atoms with Gasteiger partial charge in [0.15, 0.2) is 0 Å². The van der Waals surface area contributed by atoms with E-state index in [9.17, 15) is 43.8 Å². The molecule has 0 bridgehead atoms. The lowest BCUT2D eigenvalue weighted by Gasteiger charge is -2.41. The second kappa shape index (κ2) is 22.0. The van der Waals surface area contributed by atoms with Crippen molar-refractivity contribution in [3.8, 4) is 0 Å². The van der Waals surface area contributed by atoms with Crippen molar-refractivity contribution in [3.63, 3.8) is 0 Å². The molecule has 1 saturated carbocycles. The second-order valence-electron chi connectivity index (χ2n) is 16.9. The highest BCUT2D eigenvalue weighted by molar-refractivity contribution is 5.98. The Hall–Kier alpha value is -4.53. The largest absolute Gasteiger partial charge is 0.481 e. The summed E-state index contributed by atoms with van der Waals surface area (Å²) in [7, 11) is 0. The van der Waals surface area contributed by atoms with E-state index in [1.807, 2.05) is 51.1 Å². The van der Waals surface area contributed by atoms with E-state index >= 15 is 0 Å². The van der Waals surface area contributed by atoms with Crippen molar-refractivity contribution in [2.45, 2.75) is 154 Å². The molecule has 58 heavy (non-hydrogen) atoms. The zero-order chi connectivity index (χ0) is 42.5. The molecule has 0 aromatic heterocycles. The third-order valence-electron chi connectivity index (χ3n) is 12.1. The molecule has 322 valence electrons. The van der Waals surface area contributed by atoms with Crippen molar-refractivity contribution < 1.29 is 43.8 Å². The number of amides is 6. The maximum atomic E-state index is 14.5. The lowest BCUT2D eigenvalue weighted by molar-refractivity contribution is -0.149. The van der Waals surface area contributed by atoms with E-state index < -0.39 is 78.2 Å². The van der Waals surface area contributed by atoms with Gasteiger partial charge in [0, 0.05) is 26.1 Å². The van der Waals surface area contributed by atoms with Crippen molar-refractivity contribution in [3.05, 3.63) is 35.9 Å². The number of piperidine rings is 1. The molecule has 2 saturated heterocycles. The topological polar surface area (TPSA) is 215 Å². The zero-order valence-corrected chi connectivity index (χ0v) is 34.9. The number of carboxylic acid groups (broad SMARTS) is 1. The van der Waals surface area contributed by atoms with Gasteiger partial charge in [-0.2, -0.15) is 0 Å². The Morgan fingerprint density at radius 2 is 1.40 bits per heavy atom. The van der Waals surface area contributed by atoms with Crippen LogP contribution in [-0.4, -0.2) is 117 Å². The van der Waals surface area contributed by atoms with Crippen LogP contribution in [0, 0.1) is 17.8 Å². The summed E-state index contributed by atoms with van der Waals surface area (Å²) in [5, 5.41) is 31.0. The molecular formula is C43H66N6O9. The van der Waals surface area contributed by atoms with Crippen LogP contribution in [0.5, 0.6) is 0 Å². The first-order valence-electron chi connectivity index (χ1n) is 21.4. The summed E-state index contributed by atoms with van der Waals surface area (Å²) >= 11 is 0. The number of nitrogens with zero attached hydrogens (tertiary/aromatic N) is 2. The Morgan fingerprint density at radius 3 is 2.02 bits per heavy atom. The summed E-state index contributed by atoms with van der Waals surface area (Å²) < 4.78 is 0. The van der Waals surface area contributed by atoms with E-state index in [-0.39, 0.29) is 49.6 Å². The molecule has 15 nitrogen and oxygen atoms in total. The fourth-order valence-electron chi connectivity index (χ4n) is 8.75. The molecule has 0 radical (unpaired) electrons. The normalized spacial score (nSPS) is 22.6. The average Bonchev–Trinajstić information content (AvgIpc) is 3.70. The van der Waals surface area contributed by atoms with E-state index in [2.05, 4.69) is 28.2 Å². The summed E-state index contributed by atoms with van der Waals surface area (Å²) in [5.41, 5.74) is 0.973. The molecule has 2 heterocycles. The van der Waals surface area contributed by atoms with Gasteiger partial charge in [-0.15, -0.1) is 0 Å². The van der Waals surface area contributed by atoms with E-state index in [1.54, 1.807) is 0 Å². The van der Waals surface area contributed by atoms with Crippen LogP contribution < -0.4 is 21.3 Å². The van der Waals surface area contributed by atoms with E-state index in [4.69, 9.17) is 0 Å². The second-order valence-corrected chi connectivity index (χ2v) is 16.9. The number of aliphatic hydroxyl groups is 1. The van der Waals surface area contributed by atoms with Gasteiger partial charge in [0.1, 0.15) is 30.2 Å². The minimum atomic E-state index is -1.57. The van der Waals surface area contributed by atoms with Gasteiger partial charge in [-0.1, -0.05) is 90.1 Å². The van der Waals surface area contributed by atoms with Gasteiger partial charge in [-0.25, -0.2) is 0 Å². The molecule has 3 fully saturated rings. The Kier molecular flexibility index (Phi) is 17.5. The maximum absolute atomic E-state index is 14.5. The Bertz CT molecular complexity index is 1580. The van der Waals surface area contributed by atoms with Gasteiger partial charge in [-0.3, -0.25) is 33.6 Å². The number of nitrogens with one attached hydrogen (secondary N) is 4. The molecule has 2 aliphatic heterocycles. The van der Waals surface area contributed by atoms with Gasteiger partial charge in [0.25, 0.3) is 0 Å². The molecule has 6 amide bonds. The number of hydrogen-bond acceptors (Lipinski definition) is 8. The standard InChI is InChI=1S/C43H66N6O9/c1-6-20-44-41(56)38(28(5)50)47-39(54)33-18-13-21-48(33)42(57)32(25-36(52)53)45-40(55)34-24-31(30-16-11-8-12-17-30)19-22-49(34)43(58)37(26(2)3)46-35(51)23-27(4)29-14-9-7-10-15-29/h8,11-12,16-17,26-29,31-34,37-38,50H,6-7,9-10,13-15,18-25H2,1-5H3,(H,44,56)(H,45,55)(H,46,51)(H,47,54)(H,52,53)/t27-,28?,31?,32-,33-,34-,37-,38-/m0/s1. The van der Waals surface area contributed by atoms with Crippen LogP contribution in [0.1, 0.15) is 123 Å². The number of carbonyl (C=O) groups excluding carboxylic acids is 6. The molecule has 1 aromatic carbocycles. The van der Waals surface area contributed by atoms with Gasteiger partial charge >= 0.3 is 5.97 Å². The third kappa shape index (κ3) is 12.5. The maximum Gasteiger partial charge on any atom is 0.305 e. The van der Waals surface area contributed by atoms with Crippen LogP contribution >= 0.6 is 0 Å². The molecular weight excluding hydrogens is 745 g/mol. The fraction of sp³-hybridized carbons (Fsp3) is 0.698. The summed E-state index contributed by atoms with van der Waals surface area (Å²) in [6, 6.07) is 3.64. The highest BCUT2D eigenvalue weighted by atomic mass is 16.4. The van der Waals surface area contributed by atoms with Crippen molar-refractivity contribution in [1.82, 2.24) is 31.1 Å². The Balaban J connectivity index is 1.55. The molecule has 2 unspecified atom stereocenters. The molecule has 6 N–H and O–H groups in total. The molecule has 1 aliphatic carbocycles. The molecule has 15 heteroatoms. The van der Waals surface area contributed by atoms with Gasteiger partial charge in [-0.05, 0) is 68.3 Å². The molecule has 0 spiro atoms. The van der Waals surface area contributed by atoms with Crippen LogP contribution in [-0.2, 0) is 33.6 Å². The van der Waals surface area contributed by atoms with Crippen LogP contribution in [0.4, 0.5) is 0 Å². The number of rotatable bonds is 18. The number of carboxylic acids is 1. The predicted molar refractivity (Wildman–Crippen MR) is 217 cm³/mol. The summed E-state index contributed by atoms with van der Waals surface area (Å²) in [4.78, 5) is 97.5. The number of carbonyl (C=O) groups is 7. The first kappa shape index (κ1) is 46.2. The van der Waals surface area contributed by atoms with E-state index in [0.717, 1.165) is 31.2 Å². The minimum absolute atomic E-state index is 0.101.